The monoisotopic (exact) mass is 304 g/mol. The molecule has 2 aromatic rings. The number of aryl methyl sites for hydroxylation is 2. The molecule has 0 radical (unpaired) electrons. The number of benzene rings is 1. The van der Waals surface area contributed by atoms with Crippen LogP contribution in [0.15, 0.2) is 12.1 Å². The fourth-order valence-corrected chi connectivity index (χ4v) is 2.26. The first-order chi connectivity index (χ1) is 9.32. The van der Waals surface area contributed by atoms with E-state index in [2.05, 4.69) is 5.10 Å². The molecule has 0 aliphatic heterocycles. The molecule has 1 N–H and O–H groups in total. The van der Waals surface area contributed by atoms with E-state index < -0.39 is 23.6 Å². The number of aliphatic hydroxyl groups excluding tert-OH is 1. The summed E-state index contributed by atoms with van der Waals surface area (Å²) in [7, 11) is 1.63. The van der Waals surface area contributed by atoms with Crippen molar-refractivity contribution in [1.29, 1.82) is 0 Å². The van der Waals surface area contributed by atoms with Gasteiger partial charge in [0.15, 0.2) is 17.5 Å². The van der Waals surface area contributed by atoms with Crippen molar-refractivity contribution >= 4 is 11.6 Å². The van der Waals surface area contributed by atoms with Gasteiger partial charge in [0.1, 0.15) is 5.15 Å². The van der Waals surface area contributed by atoms with Crippen LogP contribution in [-0.2, 0) is 13.5 Å². The van der Waals surface area contributed by atoms with Gasteiger partial charge >= 0.3 is 0 Å². The molecular formula is C13H12ClF3N2O. The van der Waals surface area contributed by atoms with E-state index in [1.165, 1.54) is 4.68 Å². The highest BCUT2D eigenvalue weighted by Crippen LogP contribution is 2.28. The molecule has 0 saturated heterocycles. The zero-order chi connectivity index (χ0) is 15.0. The van der Waals surface area contributed by atoms with E-state index in [9.17, 15) is 18.3 Å². The van der Waals surface area contributed by atoms with Crippen LogP contribution in [0.4, 0.5) is 13.2 Å². The molecule has 0 bridgehead atoms. The third kappa shape index (κ3) is 2.53. The summed E-state index contributed by atoms with van der Waals surface area (Å²) in [6.07, 6.45) is -1.38. The second kappa shape index (κ2) is 5.46. The highest BCUT2D eigenvalue weighted by Gasteiger charge is 2.22. The zero-order valence-electron chi connectivity index (χ0n) is 10.8. The number of rotatable bonds is 3. The molecule has 0 aliphatic carbocycles. The molecule has 0 saturated carbocycles. The van der Waals surface area contributed by atoms with Gasteiger partial charge in [-0.05, 0) is 13.0 Å². The molecular weight excluding hydrogens is 293 g/mol. The molecule has 1 aromatic carbocycles. The standard InChI is InChI=1S/C13H12ClF3N2O/c1-6-8(13(14)19(2)18-6)5-10(20)7-3-4-9(15)12(17)11(7)16/h3-4,10,20H,5H2,1-2H3. The zero-order valence-corrected chi connectivity index (χ0v) is 11.5. The van der Waals surface area contributed by atoms with Crippen molar-refractivity contribution < 1.29 is 18.3 Å². The molecule has 1 unspecified atom stereocenters. The van der Waals surface area contributed by atoms with Gasteiger partial charge in [0.05, 0.1) is 11.8 Å². The fraction of sp³-hybridized carbons (Fsp3) is 0.308. The highest BCUT2D eigenvalue weighted by molar-refractivity contribution is 6.30. The second-order valence-electron chi connectivity index (χ2n) is 4.46. The molecule has 7 heteroatoms. The number of aromatic nitrogens is 2. The summed E-state index contributed by atoms with van der Waals surface area (Å²) >= 11 is 6.00. The maximum atomic E-state index is 13.6. The maximum Gasteiger partial charge on any atom is 0.194 e. The first kappa shape index (κ1) is 14.9. The van der Waals surface area contributed by atoms with E-state index in [0.29, 0.717) is 16.4 Å². The van der Waals surface area contributed by atoms with E-state index in [-0.39, 0.29) is 12.0 Å². The normalized spacial score (nSPS) is 12.8. The van der Waals surface area contributed by atoms with Gasteiger partial charge in [-0.25, -0.2) is 13.2 Å². The van der Waals surface area contributed by atoms with Crippen LogP contribution in [0.2, 0.25) is 5.15 Å². The molecule has 0 amide bonds. The number of halogens is 4. The second-order valence-corrected chi connectivity index (χ2v) is 4.82. The molecule has 0 aliphatic rings. The van der Waals surface area contributed by atoms with Gasteiger partial charge in [-0.2, -0.15) is 5.10 Å². The lowest BCUT2D eigenvalue weighted by molar-refractivity contribution is 0.171. The molecule has 0 fully saturated rings. The van der Waals surface area contributed by atoms with Gasteiger partial charge in [0.2, 0.25) is 0 Å². The van der Waals surface area contributed by atoms with Gasteiger partial charge in [-0.15, -0.1) is 0 Å². The van der Waals surface area contributed by atoms with Crippen molar-refractivity contribution in [1.82, 2.24) is 9.78 Å². The van der Waals surface area contributed by atoms with Gasteiger partial charge in [0, 0.05) is 24.6 Å². The van der Waals surface area contributed by atoms with Gasteiger partial charge in [0.25, 0.3) is 0 Å². The van der Waals surface area contributed by atoms with Crippen molar-refractivity contribution in [2.24, 2.45) is 7.05 Å². The van der Waals surface area contributed by atoms with Gasteiger partial charge in [-0.3, -0.25) is 4.68 Å². The van der Waals surface area contributed by atoms with Crippen molar-refractivity contribution in [3.05, 3.63) is 51.6 Å². The Morgan fingerprint density at radius 2 is 1.95 bits per heavy atom. The molecule has 1 heterocycles. The summed E-state index contributed by atoms with van der Waals surface area (Å²) < 4.78 is 41.0. The quantitative estimate of drug-likeness (QED) is 0.885. The molecule has 2 rings (SSSR count). The molecule has 20 heavy (non-hydrogen) atoms. The van der Waals surface area contributed by atoms with Crippen molar-refractivity contribution in [2.75, 3.05) is 0 Å². The fourth-order valence-electron chi connectivity index (χ4n) is 2.01. The smallest absolute Gasteiger partial charge is 0.194 e. The summed E-state index contributed by atoms with van der Waals surface area (Å²) in [5, 5.41) is 14.4. The summed E-state index contributed by atoms with van der Waals surface area (Å²) in [6.45, 7) is 1.69. The van der Waals surface area contributed by atoms with Gasteiger partial charge in [-0.1, -0.05) is 17.7 Å². The number of aliphatic hydroxyl groups is 1. The molecule has 3 nitrogen and oxygen atoms in total. The van der Waals surface area contributed by atoms with Crippen LogP contribution in [0, 0.1) is 24.4 Å². The Balaban J connectivity index is 2.33. The summed E-state index contributed by atoms with van der Waals surface area (Å²) in [5.74, 6) is -4.29. The Morgan fingerprint density at radius 1 is 1.30 bits per heavy atom. The van der Waals surface area contributed by atoms with E-state index in [4.69, 9.17) is 11.6 Å². The van der Waals surface area contributed by atoms with Crippen LogP contribution >= 0.6 is 11.6 Å². The lowest BCUT2D eigenvalue weighted by Crippen LogP contribution is -2.07. The van der Waals surface area contributed by atoms with E-state index in [1.807, 2.05) is 0 Å². The molecule has 1 aromatic heterocycles. The minimum absolute atomic E-state index is 0.0412. The Kier molecular flexibility index (Phi) is 4.06. The predicted octanol–water partition coefficient (Wildman–Crippen LogP) is 3.08. The van der Waals surface area contributed by atoms with Crippen molar-refractivity contribution in [3.63, 3.8) is 0 Å². The topological polar surface area (TPSA) is 38.0 Å². The summed E-state index contributed by atoms with van der Waals surface area (Å²) in [5.41, 5.74) is 0.800. The van der Waals surface area contributed by atoms with E-state index in [0.717, 1.165) is 12.1 Å². The van der Waals surface area contributed by atoms with E-state index in [1.54, 1.807) is 14.0 Å². The average molecular weight is 305 g/mol. The average Bonchev–Trinajstić information content (AvgIpc) is 2.62. The Labute approximate surface area is 118 Å². The lowest BCUT2D eigenvalue weighted by atomic mass is 10.0. The van der Waals surface area contributed by atoms with Crippen LogP contribution in [0.25, 0.3) is 0 Å². The number of hydrogen-bond donors (Lipinski definition) is 1. The Hall–Kier alpha value is -1.53. The van der Waals surface area contributed by atoms with Crippen LogP contribution < -0.4 is 0 Å². The minimum atomic E-state index is -1.60. The lowest BCUT2D eigenvalue weighted by Gasteiger charge is -2.12. The van der Waals surface area contributed by atoms with Crippen LogP contribution in [0.3, 0.4) is 0 Å². The van der Waals surface area contributed by atoms with Crippen LogP contribution in [-0.4, -0.2) is 14.9 Å². The first-order valence-corrected chi connectivity index (χ1v) is 6.20. The van der Waals surface area contributed by atoms with E-state index >= 15 is 0 Å². The SMILES string of the molecule is Cc1nn(C)c(Cl)c1CC(O)c1ccc(F)c(F)c1F. The Morgan fingerprint density at radius 3 is 2.50 bits per heavy atom. The predicted molar refractivity (Wildman–Crippen MR) is 67.9 cm³/mol. The molecule has 0 spiro atoms. The summed E-state index contributed by atoms with van der Waals surface area (Å²) in [6, 6.07) is 1.78. The van der Waals surface area contributed by atoms with Gasteiger partial charge < -0.3 is 5.11 Å². The van der Waals surface area contributed by atoms with Crippen LogP contribution in [0.1, 0.15) is 22.9 Å². The number of hydrogen-bond acceptors (Lipinski definition) is 2. The largest absolute Gasteiger partial charge is 0.388 e. The third-order valence-electron chi connectivity index (χ3n) is 3.09. The first-order valence-electron chi connectivity index (χ1n) is 5.82. The Bertz CT molecular complexity index is 658. The highest BCUT2D eigenvalue weighted by atomic mass is 35.5. The molecule has 108 valence electrons. The summed E-state index contributed by atoms with van der Waals surface area (Å²) in [4.78, 5) is 0. The van der Waals surface area contributed by atoms with Crippen molar-refractivity contribution in [2.45, 2.75) is 19.4 Å². The third-order valence-corrected chi connectivity index (χ3v) is 3.56. The number of nitrogens with zero attached hydrogens (tertiary/aromatic N) is 2. The molecule has 1 atom stereocenters. The maximum absolute atomic E-state index is 13.6. The van der Waals surface area contributed by atoms with Crippen LogP contribution in [0.5, 0.6) is 0 Å². The van der Waals surface area contributed by atoms with Crippen molar-refractivity contribution in [3.8, 4) is 0 Å². The minimum Gasteiger partial charge on any atom is -0.388 e.